The zero-order chi connectivity index (χ0) is 14.0. The standard InChI is InChI=1S/C17H22OSi/c1-13-10-11-14(2)17(16(13)12-18)19(3,4)15-8-6-5-7-9-15/h5-11,18H,12H2,1-4H3. The van der Waals surface area contributed by atoms with Crippen LogP contribution in [0, 0.1) is 13.8 Å². The van der Waals surface area contributed by atoms with Gasteiger partial charge in [-0.15, -0.1) is 0 Å². The van der Waals surface area contributed by atoms with E-state index >= 15 is 0 Å². The van der Waals surface area contributed by atoms with E-state index in [1.807, 2.05) is 0 Å². The fraction of sp³-hybridized carbons (Fsp3) is 0.294. The maximum Gasteiger partial charge on any atom is 0.113 e. The molecule has 0 aliphatic carbocycles. The number of rotatable bonds is 3. The second kappa shape index (κ2) is 5.31. The molecule has 2 aromatic carbocycles. The Hall–Kier alpha value is -1.38. The fourth-order valence-electron chi connectivity index (χ4n) is 2.94. The van der Waals surface area contributed by atoms with Crippen LogP contribution in [0.3, 0.4) is 0 Å². The van der Waals surface area contributed by atoms with Crippen molar-refractivity contribution in [2.75, 3.05) is 0 Å². The molecule has 100 valence electrons. The fourth-order valence-corrected chi connectivity index (χ4v) is 6.36. The number of hydrogen-bond donors (Lipinski definition) is 1. The Morgan fingerprint density at radius 3 is 2.05 bits per heavy atom. The molecule has 0 aliphatic heterocycles. The van der Waals surface area contributed by atoms with E-state index in [9.17, 15) is 5.11 Å². The molecule has 1 nitrogen and oxygen atoms in total. The third-order valence-electron chi connectivity index (χ3n) is 4.03. The molecule has 2 heteroatoms. The van der Waals surface area contributed by atoms with Gasteiger partial charge in [0.15, 0.2) is 0 Å². The minimum atomic E-state index is -1.76. The average Bonchev–Trinajstić information content (AvgIpc) is 2.41. The van der Waals surface area contributed by atoms with E-state index in [0.717, 1.165) is 5.56 Å². The smallest absolute Gasteiger partial charge is 0.113 e. The quantitative estimate of drug-likeness (QED) is 0.850. The van der Waals surface area contributed by atoms with Crippen molar-refractivity contribution >= 4 is 18.4 Å². The molecule has 19 heavy (non-hydrogen) atoms. The molecule has 0 aliphatic rings. The molecular formula is C17H22OSi. The molecule has 0 heterocycles. The summed E-state index contributed by atoms with van der Waals surface area (Å²) in [7, 11) is -1.76. The van der Waals surface area contributed by atoms with Gasteiger partial charge in [0.2, 0.25) is 0 Å². The van der Waals surface area contributed by atoms with E-state index in [2.05, 4.69) is 69.4 Å². The first-order valence-corrected chi connectivity index (χ1v) is 9.74. The first kappa shape index (κ1) is 14.0. The summed E-state index contributed by atoms with van der Waals surface area (Å²) in [5.74, 6) is 0. The highest BCUT2D eigenvalue weighted by Gasteiger charge is 2.30. The van der Waals surface area contributed by atoms with Crippen LogP contribution in [0.15, 0.2) is 42.5 Å². The second-order valence-electron chi connectivity index (χ2n) is 5.70. The summed E-state index contributed by atoms with van der Waals surface area (Å²) in [6.07, 6.45) is 0. The zero-order valence-electron chi connectivity index (χ0n) is 12.2. The molecule has 0 fully saturated rings. The molecule has 2 rings (SSSR count). The summed E-state index contributed by atoms with van der Waals surface area (Å²) in [4.78, 5) is 0. The first-order valence-electron chi connectivity index (χ1n) is 6.74. The van der Waals surface area contributed by atoms with Gasteiger partial charge < -0.3 is 5.11 Å². The van der Waals surface area contributed by atoms with Crippen LogP contribution in [0.2, 0.25) is 13.1 Å². The Bertz CT molecular complexity index is 573. The summed E-state index contributed by atoms with van der Waals surface area (Å²) in [6, 6.07) is 15.0. The molecule has 0 radical (unpaired) electrons. The average molecular weight is 270 g/mol. The molecule has 0 atom stereocenters. The Morgan fingerprint density at radius 1 is 0.895 bits per heavy atom. The third-order valence-corrected chi connectivity index (χ3v) is 7.76. The maximum atomic E-state index is 9.76. The van der Waals surface area contributed by atoms with Crippen molar-refractivity contribution in [3.8, 4) is 0 Å². The van der Waals surface area contributed by atoms with Gasteiger partial charge in [0.1, 0.15) is 8.07 Å². The van der Waals surface area contributed by atoms with E-state index in [1.165, 1.54) is 21.5 Å². The minimum absolute atomic E-state index is 0.131. The maximum absolute atomic E-state index is 9.76. The van der Waals surface area contributed by atoms with Crippen LogP contribution < -0.4 is 10.4 Å². The van der Waals surface area contributed by atoms with E-state index in [1.54, 1.807) is 0 Å². The van der Waals surface area contributed by atoms with Gasteiger partial charge in [-0.2, -0.15) is 0 Å². The van der Waals surface area contributed by atoms with E-state index < -0.39 is 8.07 Å². The summed E-state index contributed by atoms with van der Waals surface area (Å²) in [6.45, 7) is 9.11. The number of benzene rings is 2. The summed E-state index contributed by atoms with van der Waals surface area (Å²) < 4.78 is 0. The van der Waals surface area contributed by atoms with E-state index in [4.69, 9.17) is 0 Å². The highest BCUT2D eigenvalue weighted by molar-refractivity contribution is 7.01. The predicted octanol–water partition coefficient (Wildman–Crippen LogP) is 2.62. The van der Waals surface area contributed by atoms with Gasteiger partial charge in [0, 0.05) is 0 Å². The van der Waals surface area contributed by atoms with Crippen LogP contribution in [0.5, 0.6) is 0 Å². The van der Waals surface area contributed by atoms with Gasteiger partial charge in [0.05, 0.1) is 6.61 Å². The lowest BCUT2D eigenvalue weighted by atomic mass is 10.1. The van der Waals surface area contributed by atoms with Crippen LogP contribution in [0.4, 0.5) is 0 Å². The van der Waals surface area contributed by atoms with Crippen LogP contribution >= 0.6 is 0 Å². The van der Waals surface area contributed by atoms with Crippen molar-refractivity contribution in [1.82, 2.24) is 0 Å². The summed E-state index contributed by atoms with van der Waals surface area (Å²) >= 11 is 0. The van der Waals surface area contributed by atoms with Crippen LogP contribution in [0.1, 0.15) is 16.7 Å². The Morgan fingerprint density at radius 2 is 1.47 bits per heavy atom. The summed E-state index contributed by atoms with van der Waals surface area (Å²) in [5.41, 5.74) is 3.62. The van der Waals surface area contributed by atoms with Crippen LogP contribution in [-0.2, 0) is 6.61 Å². The second-order valence-corrected chi connectivity index (χ2v) is 10.0. The van der Waals surface area contributed by atoms with Crippen molar-refractivity contribution in [2.45, 2.75) is 33.5 Å². The molecular weight excluding hydrogens is 248 g/mol. The number of aliphatic hydroxyl groups excluding tert-OH is 1. The lowest BCUT2D eigenvalue weighted by Gasteiger charge is -2.29. The monoisotopic (exact) mass is 270 g/mol. The number of aliphatic hydroxyl groups is 1. The lowest BCUT2D eigenvalue weighted by molar-refractivity contribution is 0.282. The largest absolute Gasteiger partial charge is 0.392 e. The molecule has 0 saturated heterocycles. The molecule has 1 N–H and O–H groups in total. The first-order chi connectivity index (χ1) is 8.98. The molecule has 0 unspecified atom stereocenters. The highest BCUT2D eigenvalue weighted by atomic mass is 28.3. The Balaban J connectivity index is 2.67. The van der Waals surface area contributed by atoms with Gasteiger partial charge in [-0.1, -0.05) is 66.3 Å². The van der Waals surface area contributed by atoms with Crippen molar-refractivity contribution in [3.05, 3.63) is 59.2 Å². The molecule has 0 bridgehead atoms. The minimum Gasteiger partial charge on any atom is -0.392 e. The van der Waals surface area contributed by atoms with Crippen LogP contribution in [-0.4, -0.2) is 13.2 Å². The molecule has 0 amide bonds. The highest BCUT2D eigenvalue weighted by Crippen LogP contribution is 2.15. The van der Waals surface area contributed by atoms with Crippen molar-refractivity contribution in [2.24, 2.45) is 0 Å². The van der Waals surface area contributed by atoms with Crippen molar-refractivity contribution in [3.63, 3.8) is 0 Å². The molecule has 0 saturated carbocycles. The summed E-state index contributed by atoms with van der Waals surface area (Å²) in [5, 5.41) is 12.6. The Kier molecular flexibility index (Phi) is 3.93. The zero-order valence-corrected chi connectivity index (χ0v) is 13.2. The van der Waals surface area contributed by atoms with Crippen LogP contribution in [0.25, 0.3) is 0 Å². The molecule has 2 aromatic rings. The van der Waals surface area contributed by atoms with Crippen molar-refractivity contribution in [1.29, 1.82) is 0 Å². The SMILES string of the molecule is Cc1ccc(C)c([Si](C)(C)c2ccccc2)c1CO. The van der Waals surface area contributed by atoms with Crippen molar-refractivity contribution < 1.29 is 5.11 Å². The van der Waals surface area contributed by atoms with Gasteiger partial charge in [0.25, 0.3) is 0 Å². The van der Waals surface area contributed by atoms with Gasteiger partial charge in [-0.3, -0.25) is 0 Å². The third kappa shape index (κ3) is 2.51. The topological polar surface area (TPSA) is 20.2 Å². The lowest BCUT2D eigenvalue weighted by Crippen LogP contribution is -2.55. The molecule has 0 spiro atoms. The Labute approximate surface area is 116 Å². The van der Waals surface area contributed by atoms with Gasteiger partial charge in [-0.05, 0) is 30.2 Å². The van der Waals surface area contributed by atoms with E-state index in [0.29, 0.717) is 0 Å². The predicted molar refractivity (Wildman–Crippen MR) is 85.0 cm³/mol. The normalized spacial score (nSPS) is 11.6. The van der Waals surface area contributed by atoms with Gasteiger partial charge >= 0.3 is 0 Å². The number of aryl methyl sites for hydroxylation is 2. The van der Waals surface area contributed by atoms with Gasteiger partial charge in [-0.25, -0.2) is 0 Å². The molecule has 0 aromatic heterocycles. The number of hydrogen-bond acceptors (Lipinski definition) is 1. The van der Waals surface area contributed by atoms with E-state index in [-0.39, 0.29) is 6.61 Å².